The van der Waals surface area contributed by atoms with Crippen molar-refractivity contribution in [2.75, 3.05) is 27.4 Å². The van der Waals surface area contributed by atoms with Crippen LogP contribution in [0.25, 0.3) is 12.2 Å². The first-order chi connectivity index (χ1) is 17.0. The number of H-pyrrole nitrogens is 1. The summed E-state index contributed by atoms with van der Waals surface area (Å²) >= 11 is 0. The number of methoxy groups -OCH3 is 2. The van der Waals surface area contributed by atoms with Gasteiger partial charge in [0.25, 0.3) is 0 Å². The second-order valence-electron chi connectivity index (χ2n) is 7.39. The molecule has 1 aromatic heterocycles. The topological polar surface area (TPSA) is 138 Å². The number of hydrogen-bond donors (Lipinski definition) is 3. The van der Waals surface area contributed by atoms with Gasteiger partial charge in [-0.25, -0.2) is 9.78 Å². The zero-order valence-electron chi connectivity index (χ0n) is 19.5. The van der Waals surface area contributed by atoms with Gasteiger partial charge in [0.05, 0.1) is 26.8 Å². The molecule has 0 aliphatic rings. The maximum Gasteiger partial charge on any atom is 0.513 e. The van der Waals surface area contributed by atoms with Crippen molar-refractivity contribution < 1.29 is 28.5 Å². The van der Waals surface area contributed by atoms with Crippen molar-refractivity contribution in [3.05, 3.63) is 71.8 Å². The zero-order chi connectivity index (χ0) is 25.0. The summed E-state index contributed by atoms with van der Waals surface area (Å²) in [7, 11) is 3.20. The lowest BCUT2D eigenvalue weighted by Gasteiger charge is -2.11. The number of nitrogens with two attached hydrogens (primary N) is 1. The Balaban J connectivity index is 1.40. The normalized spacial score (nSPS) is 11.6. The number of carbonyl (C=O) groups is 2. The molecule has 3 rings (SSSR count). The minimum atomic E-state index is -0.870. The second-order valence-corrected chi connectivity index (χ2v) is 7.39. The smallest absolute Gasteiger partial charge is 0.497 e. The molecule has 35 heavy (non-hydrogen) atoms. The summed E-state index contributed by atoms with van der Waals surface area (Å²) in [4.78, 5) is 30.8. The number of amides is 1. The molecule has 10 heteroatoms. The molecule has 1 atom stereocenters. The number of nitrogens with zero attached hydrogens (tertiary/aromatic N) is 1. The zero-order valence-corrected chi connectivity index (χ0v) is 19.5. The van der Waals surface area contributed by atoms with E-state index in [-0.39, 0.29) is 25.5 Å². The highest BCUT2D eigenvalue weighted by molar-refractivity contribution is 5.81. The predicted molar refractivity (Wildman–Crippen MR) is 130 cm³/mol. The minimum absolute atomic E-state index is 0.0527. The van der Waals surface area contributed by atoms with Crippen LogP contribution in [0.4, 0.5) is 4.79 Å². The first-order valence-electron chi connectivity index (χ1n) is 10.8. The Kier molecular flexibility index (Phi) is 9.26. The molecule has 10 nitrogen and oxygen atoms in total. The largest absolute Gasteiger partial charge is 0.513 e. The van der Waals surface area contributed by atoms with Crippen molar-refractivity contribution in [3.8, 4) is 17.2 Å². The molecule has 0 saturated heterocycles. The Hall–Kier alpha value is -4.31. The summed E-state index contributed by atoms with van der Waals surface area (Å²) in [6.07, 6.45) is 6.49. The number of carbonyl (C=O) groups excluding carboxylic acids is 2. The third kappa shape index (κ3) is 8.20. The van der Waals surface area contributed by atoms with E-state index in [1.165, 1.54) is 0 Å². The molecule has 1 amide bonds. The summed E-state index contributed by atoms with van der Waals surface area (Å²) in [5, 5.41) is 2.60. The lowest BCUT2D eigenvalue weighted by molar-refractivity contribution is -0.122. The van der Waals surface area contributed by atoms with Gasteiger partial charge in [0, 0.05) is 24.9 Å². The maximum atomic E-state index is 12.0. The van der Waals surface area contributed by atoms with E-state index in [0.717, 1.165) is 11.1 Å². The van der Waals surface area contributed by atoms with Gasteiger partial charge in [0.15, 0.2) is 0 Å². The van der Waals surface area contributed by atoms with Gasteiger partial charge in [0.1, 0.15) is 29.7 Å². The molecular weight excluding hydrogens is 452 g/mol. The Bertz CT molecular complexity index is 1110. The summed E-state index contributed by atoms with van der Waals surface area (Å²) in [5.41, 5.74) is 7.64. The fourth-order valence-corrected chi connectivity index (χ4v) is 3.04. The Morgan fingerprint density at radius 3 is 2.34 bits per heavy atom. The fourth-order valence-electron chi connectivity index (χ4n) is 3.04. The standard InChI is InChI=1S/C25H28N4O6/c1-32-20-13-18(14-21(15-20)33-2)4-3-17-5-7-19(8-6-17)35-25(31)34-12-11-29-24(30)22(26)16-23-27-9-10-28-23/h3-10,13-15,22H,11-12,16,26H2,1-2H3,(H,27,28)(H,29,30). The van der Waals surface area contributed by atoms with Crippen molar-refractivity contribution in [2.45, 2.75) is 12.5 Å². The van der Waals surface area contributed by atoms with E-state index in [2.05, 4.69) is 15.3 Å². The molecule has 184 valence electrons. The van der Waals surface area contributed by atoms with Crippen LogP contribution in [0, 0.1) is 0 Å². The van der Waals surface area contributed by atoms with E-state index < -0.39 is 12.2 Å². The minimum Gasteiger partial charge on any atom is -0.497 e. The van der Waals surface area contributed by atoms with Gasteiger partial charge in [-0.3, -0.25) is 4.79 Å². The molecule has 0 aliphatic carbocycles. The van der Waals surface area contributed by atoms with Crippen LogP contribution in [-0.4, -0.2) is 55.4 Å². The maximum absolute atomic E-state index is 12.0. The van der Waals surface area contributed by atoms with Crippen LogP contribution in [0.5, 0.6) is 17.2 Å². The average molecular weight is 481 g/mol. The number of rotatable bonds is 11. The molecule has 4 N–H and O–H groups in total. The van der Waals surface area contributed by atoms with Crippen LogP contribution in [0.3, 0.4) is 0 Å². The van der Waals surface area contributed by atoms with Crippen LogP contribution < -0.4 is 25.3 Å². The summed E-state index contributed by atoms with van der Waals surface area (Å²) in [6, 6.07) is 11.7. The van der Waals surface area contributed by atoms with Gasteiger partial charge in [-0.2, -0.15) is 0 Å². The molecule has 3 aromatic rings. The number of aromatic nitrogens is 2. The fraction of sp³-hybridized carbons (Fsp3) is 0.240. The average Bonchev–Trinajstić information content (AvgIpc) is 3.38. The number of aromatic amines is 1. The molecule has 0 bridgehead atoms. The third-order valence-electron chi connectivity index (χ3n) is 4.85. The van der Waals surface area contributed by atoms with Crippen molar-refractivity contribution in [2.24, 2.45) is 5.73 Å². The highest BCUT2D eigenvalue weighted by Gasteiger charge is 2.15. The molecule has 0 saturated carbocycles. The molecule has 0 fully saturated rings. The quantitative estimate of drug-likeness (QED) is 0.165. The van der Waals surface area contributed by atoms with E-state index in [1.54, 1.807) is 56.9 Å². The molecule has 0 aliphatic heterocycles. The monoisotopic (exact) mass is 480 g/mol. The van der Waals surface area contributed by atoms with E-state index in [0.29, 0.717) is 23.1 Å². The molecule has 2 aromatic carbocycles. The number of nitrogens with one attached hydrogen (secondary N) is 2. The first kappa shape index (κ1) is 25.3. The third-order valence-corrected chi connectivity index (χ3v) is 4.85. The number of ether oxygens (including phenoxy) is 4. The Morgan fingerprint density at radius 1 is 1.03 bits per heavy atom. The van der Waals surface area contributed by atoms with E-state index in [9.17, 15) is 9.59 Å². The molecular formula is C25H28N4O6. The summed E-state index contributed by atoms with van der Waals surface area (Å²) in [6.45, 7) is 0.0570. The van der Waals surface area contributed by atoms with Crippen molar-refractivity contribution in [3.63, 3.8) is 0 Å². The summed E-state index contributed by atoms with van der Waals surface area (Å²) in [5.74, 6) is 1.98. The van der Waals surface area contributed by atoms with Crippen LogP contribution in [0.15, 0.2) is 54.9 Å². The van der Waals surface area contributed by atoms with Crippen molar-refractivity contribution in [1.29, 1.82) is 0 Å². The highest BCUT2D eigenvalue weighted by atomic mass is 16.7. The predicted octanol–water partition coefficient (Wildman–Crippen LogP) is 2.80. The van der Waals surface area contributed by atoms with Crippen LogP contribution in [0.1, 0.15) is 17.0 Å². The van der Waals surface area contributed by atoms with Gasteiger partial charge >= 0.3 is 6.16 Å². The van der Waals surface area contributed by atoms with Crippen LogP contribution in [-0.2, 0) is 16.0 Å². The number of benzene rings is 2. The summed E-state index contributed by atoms with van der Waals surface area (Å²) < 4.78 is 20.7. The first-order valence-corrected chi connectivity index (χ1v) is 10.8. The van der Waals surface area contributed by atoms with Crippen LogP contribution >= 0.6 is 0 Å². The van der Waals surface area contributed by atoms with Gasteiger partial charge in [-0.1, -0.05) is 24.3 Å². The Morgan fingerprint density at radius 2 is 1.71 bits per heavy atom. The second kappa shape index (κ2) is 12.8. The van der Waals surface area contributed by atoms with Crippen LogP contribution in [0.2, 0.25) is 0 Å². The van der Waals surface area contributed by atoms with E-state index in [4.69, 9.17) is 24.7 Å². The number of imidazole rings is 1. The van der Waals surface area contributed by atoms with Gasteiger partial charge in [-0.15, -0.1) is 0 Å². The molecule has 0 radical (unpaired) electrons. The van der Waals surface area contributed by atoms with Gasteiger partial charge < -0.3 is 35.0 Å². The van der Waals surface area contributed by atoms with E-state index in [1.807, 2.05) is 24.3 Å². The van der Waals surface area contributed by atoms with Crippen molar-refractivity contribution >= 4 is 24.2 Å². The SMILES string of the molecule is COc1cc(C=Cc2ccc(OC(=O)OCCNC(=O)C(N)Cc3ncc[nH]3)cc2)cc(OC)c1. The molecule has 1 heterocycles. The van der Waals surface area contributed by atoms with E-state index >= 15 is 0 Å². The van der Waals surface area contributed by atoms with Gasteiger partial charge in [-0.05, 0) is 35.4 Å². The number of hydrogen-bond acceptors (Lipinski definition) is 8. The lowest BCUT2D eigenvalue weighted by Crippen LogP contribution is -2.43. The molecule has 1 unspecified atom stereocenters. The highest BCUT2D eigenvalue weighted by Crippen LogP contribution is 2.24. The van der Waals surface area contributed by atoms with Crippen molar-refractivity contribution in [1.82, 2.24) is 15.3 Å². The Labute approximate surface area is 203 Å². The van der Waals surface area contributed by atoms with Gasteiger partial charge in [0.2, 0.25) is 5.91 Å². The lowest BCUT2D eigenvalue weighted by atomic mass is 10.1. The molecule has 0 spiro atoms.